The third kappa shape index (κ3) is 1.78. The van der Waals surface area contributed by atoms with Crippen molar-refractivity contribution in [2.45, 2.75) is 25.0 Å². The molecule has 1 aliphatic rings. The van der Waals surface area contributed by atoms with E-state index in [9.17, 15) is 4.79 Å². The third-order valence-electron chi connectivity index (χ3n) is 1.75. The second-order valence-corrected chi connectivity index (χ2v) is 2.61. The zero-order valence-corrected chi connectivity index (χ0v) is 5.90. The van der Waals surface area contributed by atoms with Crippen molar-refractivity contribution in [2.24, 2.45) is 0 Å². The highest BCUT2D eigenvalue weighted by molar-refractivity contribution is 5.86. The zero-order chi connectivity index (χ0) is 8.43. The van der Waals surface area contributed by atoms with E-state index in [2.05, 4.69) is 0 Å². The van der Waals surface area contributed by atoms with Gasteiger partial charge in [0.15, 0.2) is 0 Å². The lowest BCUT2D eigenvalue weighted by molar-refractivity contribution is -0.133. The summed E-state index contributed by atoms with van der Waals surface area (Å²) in [6, 6.07) is 0. The molecule has 3 N–H and O–H groups in total. The number of carbonyl (C=O) groups is 1. The van der Waals surface area contributed by atoms with Gasteiger partial charge in [-0.3, -0.25) is 0 Å². The first-order chi connectivity index (χ1) is 5.11. The molecule has 0 aromatic heterocycles. The Morgan fingerprint density at radius 2 is 2.09 bits per heavy atom. The molecule has 0 fully saturated rings. The van der Waals surface area contributed by atoms with Gasteiger partial charge in [-0.2, -0.15) is 0 Å². The van der Waals surface area contributed by atoms with Crippen LogP contribution in [-0.4, -0.2) is 33.5 Å². The van der Waals surface area contributed by atoms with Crippen LogP contribution in [0.15, 0.2) is 11.6 Å². The van der Waals surface area contributed by atoms with Crippen LogP contribution in [-0.2, 0) is 4.79 Å². The molecule has 0 aromatic carbocycles. The first-order valence-electron chi connectivity index (χ1n) is 3.39. The van der Waals surface area contributed by atoms with Gasteiger partial charge in [-0.1, -0.05) is 6.08 Å². The topological polar surface area (TPSA) is 77.8 Å². The van der Waals surface area contributed by atoms with E-state index in [-0.39, 0.29) is 18.4 Å². The molecule has 0 amide bonds. The van der Waals surface area contributed by atoms with Gasteiger partial charge in [0.25, 0.3) is 0 Å². The van der Waals surface area contributed by atoms with Gasteiger partial charge in [0, 0.05) is 12.0 Å². The number of aliphatic hydroxyl groups is 2. The number of carboxylic acid groups (broad SMARTS) is 1. The lowest BCUT2D eigenvalue weighted by Gasteiger charge is -2.21. The molecule has 4 nitrogen and oxygen atoms in total. The monoisotopic (exact) mass is 158 g/mol. The maximum absolute atomic E-state index is 10.3. The van der Waals surface area contributed by atoms with E-state index >= 15 is 0 Å². The molecule has 0 aliphatic heterocycles. The van der Waals surface area contributed by atoms with Gasteiger partial charge in [0.2, 0.25) is 0 Å². The maximum atomic E-state index is 10.3. The van der Waals surface area contributed by atoms with E-state index in [4.69, 9.17) is 15.3 Å². The van der Waals surface area contributed by atoms with Crippen molar-refractivity contribution in [3.8, 4) is 0 Å². The Bertz CT molecular complexity index is 197. The van der Waals surface area contributed by atoms with E-state index < -0.39 is 18.2 Å². The van der Waals surface area contributed by atoms with Crippen molar-refractivity contribution in [1.82, 2.24) is 0 Å². The second-order valence-electron chi connectivity index (χ2n) is 2.61. The highest BCUT2D eigenvalue weighted by atomic mass is 16.4. The van der Waals surface area contributed by atoms with Crippen LogP contribution in [0.5, 0.6) is 0 Å². The molecule has 0 aromatic rings. The Kier molecular flexibility index (Phi) is 2.26. The van der Waals surface area contributed by atoms with Crippen molar-refractivity contribution in [3.63, 3.8) is 0 Å². The minimum absolute atomic E-state index is 0.0382. The van der Waals surface area contributed by atoms with E-state index in [0.717, 1.165) is 0 Å². The molecule has 0 heterocycles. The Morgan fingerprint density at radius 3 is 2.55 bits per heavy atom. The Balaban J connectivity index is 2.66. The minimum atomic E-state index is -1.02. The molecule has 0 radical (unpaired) electrons. The largest absolute Gasteiger partial charge is 0.478 e. The van der Waals surface area contributed by atoms with Gasteiger partial charge in [-0.25, -0.2) is 4.79 Å². The van der Waals surface area contributed by atoms with Crippen molar-refractivity contribution in [1.29, 1.82) is 0 Å². The number of carboxylic acids is 1. The number of aliphatic hydroxyl groups excluding tert-OH is 2. The summed E-state index contributed by atoms with van der Waals surface area (Å²) in [5, 5.41) is 26.5. The number of rotatable bonds is 1. The van der Waals surface area contributed by atoms with Crippen molar-refractivity contribution in [2.75, 3.05) is 0 Å². The number of hydrogen-bond donors (Lipinski definition) is 3. The van der Waals surface area contributed by atoms with Crippen molar-refractivity contribution in [3.05, 3.63) is 11.6 Å². The van der Waals surface area contributed by atoms with Gasteiger partial charge in [0.05, 0.1) is 12.2 Å². The summed E-state index contributed by atoms with van der Waals surface area (Å²) in [5.41, 5.74) is 0.183. The summed E-state index contributed by atoms with van der Waals surface area (Å²) >= 11 is 0. The summed E-state index contributed by atoms with van der Waals surface area (Å²) < 4.78 is 0. The molecule has 1 aliphatic carbocycles. The van der Waals surface area contributed by atoms with Crippen LogP contribution in [0.4, 0.5) is 0 Å². The van der Waals surface area contributed by atoms with Gasteiger partial charge < -0.3 is 15.3 Å². The van der Waals surface area contributed by atoms with Crippen molar-refractivity contribution < 1.29 is 20.1 Å². The Morgan fingerprint density at radius 1 is 1.45 bits per heavy atom. The van der Waals surface area contributed by atoms with Crippen LogP contribution in [0.2, 0.25) is 0 Å². The molecule has 1 rings (SSSR count). The van der Waals surface area contributed by atoms with Crippen molar-refractivity contribution >= 4 is 5.97 Å². The van der Waals surface area contributed by atoms with Crippen LogP contribution in [0.1, 0.15) is 12.8 Å². The number of hydrogen-bond acceptors (Lipinski definition) is 3. The molecule has 62 valence electrons. The van der Waals surface area contributed by atoms with Crippen LogP contribution < -0.4 is 0 Å². The van der Waals surface area contributed by atoms with Crippen LogP contribution in [0, 0.1) is 0 Å². The van der Waals surface area contributed by atoms with Crippen LogP contribution >= 0.6 is 0 Å². The molecular formula is C7H10O4. The predicted molar refractivity (Wildman–Crippen MR) is 37.0 cm³/mol. The average Bonchev–Trinajstić information content (AvgIpc) is 1.94. The van der Waals surface area contributed by atoms with Gasteiger partial charge in [-0.15, -0.1) is 0 Å². The molecule has 2 unspecified atom stereocenters. The summed E-state index contributed by atoms with van der Waals surface area (Å²) in [4.78, 5) is 10.3. The quantitative estimate of drug-likeness (QED) is 0.481. The molecule has 0 spiro atoms. The SMILES string of the molecule is O=C(O)C1=CCC(O)C(O)C1. The Hall–Kier alpha value is -0.870. The smallest absolute Gasteiger partial charge is 0.331 e. The first-order valence-corrected chi connectivity index (χ1v) is 3.39. The third-order valence-corrected chi connectivity index (χ3v) is 1.75. The summed E-state index contributed by atoms with van der Waals surface area (Å²) in [6.07, 6.45) is -0.0249. The standard InChI is InChI=1S/C7H10O4/c8-5-2-1-4(7(10)11)3-6(5)9/h1,5-6,8-9H,2-3H2,(H,10,11). The van der Waals surface area contributed by atoms with Gasteiger partial charge in [0.1, 0.15) is 0 Å². The fourth-order valence-corrected chi connectivity index (χ4v) is 1.04. The maximum Gasteiger partial charge on any atom is 0.331 e. The average molecular weight is 158 g/mol. The predicted octanol–water partition coefficient (Wildman–Crippen LogP) is -0.487. The van der Waals surface area contributed by atoms with E-state index in [1.807, 2.05) is 0 Å². The zero-order valence-electron chi connectivity index (χ0n) is 5.90. The highest BCUT2D eigenvalue weighted by Crippen LogP contribution is 2.18. The molecule has 0 saturated carbocycles. The van der Waals surface area contributed by atoms with Gasteiger partial charge in [-0.05, 0) is 6.42 Å². The van der Waals surface area contributed by atoms with Crippen LogP contribution in [0.3, 0.4) is 0 Å². The lowest BCUT2D eigenvalue weighted by atomic mass is 9.95. The molecule has 4 heteroatoms. The van der Waals surface area contributed by atoms with E-state index in [0.29, 0.717) is 0 Å². The molecule has 0 bridgehead atoms. The summed E-state index contributed by atoms with van der Waals surface area (Å²) in [7, 11) is 0. The van der Waals surface area contributed by atoms with E-state index in [1.165, 1.54) is 6.08 Å². The molecule has 0 saturated heterocycles. The summed E-state index contributed by atoms with van der Waals surface area (Å²) in [6.45, 7) is 0. The Labute approximate surface area is 63.8 Å². The fraction of sp³-hybridized carbons (Fsp3) is 0.571. The van der Waals surface area contributed by atoms with E-state index in [1.54, 1.807) is 0 Å². The van der Waals surface area contributed by atoms with Gasteiger partial charge >= 0.3 is 5.97 Å². The number of aliphatic carboxylic acids is 1. The normalized spacial score (nSPS) is 31.3. The first kappa shape index (κ1) is 8.23. The van der Waals surface area contributed by atoms with Crippen LogP contribution in [0.25, 0.3) is 0 Å². The molecule has 11 heavy (non-hydrogen) atoms. The second kappa shape index (κ2) is 3.02. The molecule has 2 atom stereocenters. The lowest BCUT2D eigenvalue weighted by Crippen LogP contribution is -2.30. The molecular weight excluding hydrogens is 148 g/mol. The minimum Gasteiger partial charge on any atom is -0.478 e. The highest BCUT2D eigenvalue weighted by Gasteiger charge is 2.24. The summed E-state index contributed by atoms with van der Waals surface area (Å²) in [5.74, 6) is -1.02. The fourth-order valence-electron chi connectivity index (χ4n) is 1.04.